The summed E-state index contributed by atoms with van der Waals surface area (Å²) in [5.41, 5.74) is 0.474. The summed E-state index contributed by atoms with van der Waals surface area (Å²) in [4.78, 5) is 47.2. The Morgan fingerprint density at radius 1 is 1.07 bits per heavy atom. The van der Waals surface area contributed by atoms with E-state index in [-0.39, 0.29) is 37.1 Å². The number of fused-ring (bicyclic) bond motifs is 2. The first-order chi connectivity index (χ1) is 14.6. The molecule has 6 heteroatoms. The van der Waals surface area contributed by atoms with Crippen LogP contribution in [0.4, 0.5) is 0 Å². The van der Waals surface area contributed by atoms with E-state index < -0.39 is 5.41 Å². The number of hydrogen-bond acceptors (Lipinski definition) is 4. The average molecular weight is 403 g/mol. The molecule has 2 aromatic rings. The van der Waals surface area contributed by atoms with Gasteiger partial charge in [0.05, 0.1) is 12.0 Å². The molecular weight excluding hydrogens is 378 g/mol. The lowest BCUT2D eigenvalue weighted by Gasteiger charge is -2.32. The maximum atomic E-state index is 13.7. The minimum atomic E-state index is -1.12. The Morgan fingerprint density at radius 3 is 2.50 bits per heavy atom. The van der Waals surface area contributed by atoms with Crippen LogP contribution in [0.25, 0.3) is 0 Å². The van der Waals surface area contributed by atoms with Crippen molar-refractivity contribution in [2.75, 3.05) is 6.54 Å². The Bertz CT molecular complexity index is 978. The van der Waals surface area contributed by atoms with Gasteiger partial charge in [-0.1, -0.05) is 30.3 Å². The number of piperidine rings is 1. The highest BCUT2D eigenvalue weighted by Crippen LogP contribution is 2.43. The number of aromatic nitrogens is 1. The zero-order chi connectivity index (χ0) is 20.7. The van der Waals surface area contributed by atoms with Crippen LogP contribution in [0.3, 0.4) is 0 Å². The number of carbonyl (C=O) groups is 3. The largest absolute Gasteiger partial charge is 0.339 e. The number of hydrogen-bond donors (Lipinski definition) is 0. The topological polar surface area (TPSA) is 70.6 Å². The molecule has 30 heavy (non-hydrogen) atoms. The number of nitrogens with zero attached hydrogens (tertiary/aromatic N) is 3. The molecule has 5 rings (SSSR count). The Morgan fingerprint density at radius 2 is 1.83 bits per heavy atom. The molecule has 3 atom stereocenters. The molecule has 3 aliphatic rings. The maximum absolute atomic E-state index is 13.7. The summed E-state index contributed by atoms with van der Waals surface area (Å²) >= 11 is 0. The lowest BCUT2D eigenvalue weighted by Crippen LogP contribution is -2.45. The van der Waals surface area contributed by atoms with Crippen molar-refractivity contribution in [3.63, 3.8) is 0 Å². The van der Waals surface area contributed by atoms with Crippen molar-refractivity contribution < 1.29 is 14.4 Å². The molecular formula is C24H25N3O3. The number of likely N-dealkylation sites (tertiary alicyclic amines) is 2. The minimum Gasteiger partial charge on any atom is -0.339 e. The van der Waals surface area contributed by atoms with Crippen molar-refractivity contribution in [2.45, 2.75) is 50.1 Å². The van der Waals surface area contributed by atoms with Gasteiger partial charge in [-0.25, -0.2) is 0 Å². The Labute approximate surface area is 175 Å². The monoisotopic (exact) mass is 403 g/mol. The van der Waals surface area contributed by atoms with Crippen molar-refractivity contribution in [2.24, 2.45) is 5.92 Å². The standard InChI is InChI=1S/C24H25N3O3/c28-21(26-16-18-6-7-20(26)12-18)13-24(19-4-2-1-3-5-19)14-22(29)27(23(24)30)15-17-8-10-25-11-9-17/h1-5,8-11,18,20H,6-7,12-16H2/t18-,20-,24+/m0/s1. The van der Waals surface area contributed by atoms with Crippen LogP contribution in [0.5, 0.6) is 0 Å². The molecule has 3 amide bonds. The first-order valence-corrected chi connectivity index (χ1v) is 10.7. The van der Waals surface area contributed by atoms with Gasteiger partial charge in [0.1, 0.15) is 0 Å². The van der Waals surface area contributed by atoms with Crippen LogP contribution in [0.2, 0.25) is 0 Å². The van der Waals surface area contributed by atoms with Gasteiger partial charge in [0.25, 0.3) is 0 Å². The summed E-state index contributed by atoms with van der Waals surface area (Å²) in [5, 5.41) is 0. The van der Waals surface area contributed by atoms with Crippen LogP contribution >= 0.6 is 0 Å². The summed E-state index contributed by atoms with van der Waals surface area (Å²) in [6, 6.07) is 13.2. The van der Waals surface area contributed by atoms with Crippen LogP contribution in [-0.2, 0) is 26.3 Å². The van der Waals surface area contributed by atoms with Gasteiger partial charge in [-0.05, 0) is 48.4 Å². The highest BCUT2D eigenvalue weighted by Gasteiger charge is 2.55. The Balaban J connectivity index is 1.46. The van der Waals surface area contributed by atoms with Crippen LogP contribution in [-0.4, -0.2) is 45.1 Å². The van der Waals surface area contributed by atoms with Crippen LogP contribution in [0, 0.1) is 5.92 Å². The quantitative estimate of drug-likeness (QED) is 0.720. The second kappa shape index (κ2) is 7.35. The number of carbonyl (C=O) groups excluding carboxylic acids is 3. The summed E-state index contributed by atoms with van der Waals surface area (Å²) in [7, 11) is 0. The fourth-order valence-electron chi connectivity index (χ4n) is 5.44. The highest BCUT2D eigenvalue weighted by atomic mass is 16.2. The van der Waals surface area contributed by atoms with E-state index in [1.807, 2.05) is 35.2 Å². The van der Waals surface area contributed by atoms with Gasteiger partial charge in [0, 0.05) is 37.8 Å². The summed E-state index contributed by atoms with van der Waals surface area (Å²) in [5.74, 6) is 0.0957. The van der Waals surface area contributed by atoms with E-state index in [4.69, 9.17) is 0 Å². The summed E-state index contributed by atoms with van der Waals surface area (Å²) < 4.78 is 0. The van der Waals surface area contributed by atoms with Crippen molar-refractivity contribution in [3.05, 3.63) is 66.0 Å². The van der Waals surface area contributed by atoms with E-state index >= 15 is 0 Å². The van der Waals surface area contributed by atoms with Crippen molar-refractivity contribution in [1.29, 1.82) is 0 Å². The van der Waals surface area contributed by atoms with Crippen molar-refractivity contribution in [3.8, 4) is 0 Å². The minimum absolute atomic E-state index is 0.00189. The molecule has 2 saturated heterocycles. The van der Waals surface area contributed by atoms with E-state index in [9.17, 15) is 14.4 Å². The third-order valence-corrected chi connectivity index (χ3v) is 7.01. The molecule has 0 N–H and O–H groups in total. The second-order valence-corrected chi connectivity index (χ2v) is 8.82. The molecule has 0 radical (unpaired) electrons. The lowest BCUT2D eigenvalue weighted by molar-refractivity contribution is -0.143. The zero-order valence-corrected chi connectivity index (χ0v) is 16.9. The fraction of sp³-hybridized carbons (Fsp3) is 0.417. The number of rotatable bonds is 5. The SMILES string of the molecule is O=C1C[C@](CC(=O)N2C[C@H]3CC[C@H]2C3)(c2ccccc2)C(=O)N1Cc1ccncc1. The molecule has 1 aromatic heterocycles. The summed E-state index contributed by atoms with van der Waals surface area (Å²) in [6.45, 7) is 0.995. The van der Waals surface area contributed by atoms with E-state index in [1.165, 1.54) is 11.3 Å². The first kappa shape index (κ1) is 19.0. The van der Waals surface area contributed by atoms with Crippen molar-refractivity contribution >= 4 is 17.7 Å². The van der Waals surface area contributed by atoms with Gasteiger partial charge in [-0.2, -0.15) is 0 Å². The van der Waals surface area contributed by atoms with Gasteiger partial charge >= 0.3 is 0 Å². The number of amides is 3. The molecule has 3 fully saturated rings. The summed E-state index contributed by atoms with van der Waals surface area (Å²) in [6.07, 6.45) is 6.70. The van der Waals surface area contributed by atoms with Gasteiger partial charge in [-0.15, -0.1) is 0 Å². The first-order valence-electron chi connectivity index (χ1n) is 10.7. The maximum Gasteiger partial charge on any atom is 0.241 e. The Kier molecular flexibility index (Phi) is 4.65. The zero-order valence-electron chi connectivity index (χ0n) is 16.9. The van der Waals surface area contributed by atoms with E-state index in [0.29, 0.717) is 12.0 Å². The molecule has 1 aliphatic carbocycles. The number of benzene rings is 1. The second-order valence-electron chi connectivity index (χ2n) is 8.82. The van der Waals surface area contributed by atoms with Gasteiger partial charge < -0.3 is 4.90 Å². The van der Waals surface area contributed by atoms with Gasteiger partial charge in [-0.3, -0.25) is 24.3 Å². The molecule has 3 heterocycles. The normalized spacial score (nSPS) is 27.9. The smallest absolute Gasteiger partial charge is 0.241 e. The molecule has 2 bridgehead atoms. The van der Waals surface area contributed by atoms with Gasteiger partial charge in [0.2, 0.25) is 17.7 Å². The Hall–Kier alpha value is -3.02. The lowest BCUT2D eigenvalue weighted by atomic mass is 9.75. The number of pyridine rings is 1. The predicted molar refractivity (Wildman–Crippen MR) is 110 cm³/mol. The predicted octanol–water partition coefficient (Wildman–Crippen LogP) is 2.68. The molecule has 154 valence electrons. The van der Waals surface area contributed by atoms with Crippen molar-refractivity contribution in [1.82, 2.24) is 14.8 Å². The third-order valence-electron chi connectivity index (χ3n) is 7.01. The number of imide groups is 1. The fourth-order valence-corrected chi connectivity index (χ4v) is 5.44. The highest BCUT2D eigenvalue weighted by molar-refractivity contribution is 6.10. The molecule has 2 aliphatic heterocycles. The van der Waals surface area contributed by atoms with E-state index in [1.54, 1.807) is 24.5 Å². The molecule has 1 aromatic carbocycles. The van der Waals surface area contributed by atoms with E-state index in [2.05, 4.69) is 4.98 Å². The average Bonchev–Trinajstić information content (AvgIpc) is 3.46. The van der Waals surface area contributed by atoms with Gasteiger partial charge in [0.15, 0.2) is 0 Å². The molecule has 1 saturated carbocycles. The molecule has 0 spiro atoms. The molecule has 6 nitrogen and oxygen atoms in total. The molecule has 0 unspecified atom stereocenters. The van der Waals surface area contributed by atoms with Crippen LogP contribution < -0.4 is 0 Å². The third kappa shape index (κ3) is 3.11. The van der Waals surface area contributed by atoms with Crippen LogP contribution in [0.1, 0.15) is 43.2 Å². The van der Waals surface area contributed by atoms with Crippen LogP contribution in [0.15, 0.2) is 54.9 Å². The van der Waals surface area contributed by atoms with E-state index in [0.717, 1.165) is 30.5 Å².